The van der Waals surface area contributed by atoms with E-state index in [-0.39, 0.29) is 11.8 Å². The number of esters is 1. The number of hydrogen-bond donors (Lipinski definition) is 0. The van der Waals surface area contributed by atoms with Gasteiger partial charge in [0.1, 0.15) is 0 Å². The molecule has 0 saturated heterocycles. The van der Waals surface area contributed by atoms with Gasteiger partial charge in [0.15, 0.2) is 0 Å². The van der Waals surface area contributed by atoms with Crippen LogP contribution in [0.25, 0.3) is 21.5 Å². The minimum absolute atomic E-state index is 0.239. The van der Waals surface area contributed by atoms with Crippen molar-refractivity contribution < 1.29 is 9.53 Å². The fourth-order valence-electron chi connectivity index (χ4n) is 3.08. The molecule has 0 aromatic heterocycles. The van der Waals surface area contributed by atoms with Gasteiger partial charge >= 0.3 is 5.97 Å². The van der Waals surface area contributed by atoms with Gasteiger partial charge in [0, 0.05) is 11.1 Å². The van der Waals surface area contributed by atoms with Crippen molar-refractivity contribution in [1.82, 2.24) is 0 Å². The Kier molecular flexibility index (Phi) is 4.76. The van der Waals surface area contributed by atoms with E-state index >= 15 is 0 Å². The molecule has 0 bridgehead atoms. The van der Waals surface area contributed by atoms with E-state index in [0.29, 0.717) is 12.2 Å². The molecule has 0 atom stereocenters. The monoisotopic (exact) mass is 330 g/mol. The SMILES string of the molecule is [C-]#[N+]C(N=C)=C1c2ccccc2-c2c(C(=O)OCCCC)cccc21. The van der Waals surface area contributed by atoms with Crippen molar-refractivity contribution in [3.05, 3.63) is 76.4 Å². The lowest BCUT2D eigenvalue weighted by Gasteiger charge is -2.09. The average molecular weight is 330 g/mol. The van der Waals surface area contributed by atoms with Crippen LogP contribution >= 0.6 is 0 Å². The van der Waals surface area contributed by atoms with Gasteiger partial charge in [-0.25, -0.2) is 4.79 Å². The highest BCUT2D eigenvalue weighted by molar-refractivity contribution is 6.09. The molecule has 124 valence electrons. The van der Waals surface area contributed by atoms with E-state index in [1.807, 2.05) is 36.4 Å². The summed E-state index contributed by atoms with van der Waals surface area (Å²) in [7, 11) is 0. The summed E-state index contributed by atoms with van der Waals surface area (Å²) in [4.78, 5) is 20.0. The van der Waals surface area contributed by atoms with Crippen LogP contribution in [0.15, 0.2) is 53.3 Å². The standard InChI is InChI=1S/C21H18N2O2/c1-4-5-13-25-21(24)17-12-8-11-16-18(17)14-9-6-7-10-15(14)19(16)20(22-2)23-3/h6-12H,2,4-5,13H2,1H3. The molecule has 0 spiro atoms. The second-order valence-corrected chi connectivity index (χ2v) is 5.73. The van der Waals surface area contributed by atoms with Crippen LogP contribution in [0.2, 0.25) is 0 Å². The molecule has 2 aromatic carbocycles. The van der Waals surface area contributed by atoms with E-state index in [4.69, 9.17) is 11.3 Å². The van der Waals surface area contributed by atoms with Crippen molar-refractivity contribution >= 4 is 18.3 Å². The van der Waals surface area contributed by atoms with Crippen LogP contribution in [0.1, 0.15) is 41.3 Å². The Morgan fingerprint density at radius 2 is 1.88 bits per heavy atom. The van der Waals surface area contributed by atoms with E-state index in [2.05, 4.69) is 23.5 Å². The lowest BCUT2D eigenvalue weighted by molar-refractivity contribution is 0.0500. The number of fused-ring (bicyclic) bond motifs is 3. The second kappa shape index (κ2) is 7.14. The first-order valence-electron chi connectivity index (χ1n) is 8.21. The molecule has 4 nitrogen and oxygen atoms in total. The van der Waals surface area contributed by atoms with E-state index in [9.17, 15) is 4.79 Å². The third-order valence-corrected chi connectivity index (χ3v) is 4.23. The fraction of sp³-hybridized carbons (Fsp3) is 0.190. The van der Waals surface area contributed by atoms with Gasteiger partial charge in [-0.05, 0) is 29.2 Å². The lowest BCUT2D eigenvalue weighted by Crippen LogP contribution is -2.08. The van der Waals surface area contributed by atoms with Crippen molar-refractivity contribution in [2.75, 3.05) is 6.61 Å². The van der Waals surface area contributed by atoms with E-state index in [1.54, 1.807) is 6.07 Å². The van der Waals surface area contributed by atoms with Crippen LogP contribution in [-0.4, -0.2) is 19.3 Å². The number of carbonyl (C=O) groups excluding carboxylic acids is 1. The summed E-state index contributed by atoms with van der Waals surface area (Å²) in [5, 5.41) is 0. The Morgan fingerprint density at radius 3 is 2.56 bits per heavy atom. The Morgan fingerprint density at radius 1 is 1.16 bits per heavy atom. The number of unbranched alkanes of at least 4 members (excludes halogenated alkanes) is 1. The molecule has 3 rings (SSSR count). The van der Waals surface area contributed by atoms with Gasteiger partial charge in [-0.1, -0.05) is 56.3 Å². The first-order valence-corrected chi connectivity index (χ1v) is 8.21. The number of nitrogens with zero attached hydrogens (tertiary/aromatic N) is 2. The quantitative estimate of drug-likeness (QED) is 0.287. The Labute approximate surface area is 147 Å². The molecule has 0 N–H and O–H groups in total. The lowest BCUT2D eigenvalue weighted by atomic mass is 9.99. The third-order valence-electron chi connectivity index (χ3n) is 4.23. The molecule has 0 unspecified atom stereocenters. The predicted molar refractivity (Wildman–Crippen MR) is 99.2 cm³/mol. The summed E-state index contributed by atoms with van der Waals surface area (Å²) >= 11 is 0. The van der Waals surface area contributed by atoms with Crippen LogP contribution in [0.5, 0.6) is 0 Å². The van der Waals surface area contributed by atoms with Gasteiger partial charge in [-0.15, -0.1) is 4.99 Å². The molecule has 1 aliphatic carbocycles. The summed E-state index contributed by atoms with van der Waals surface area (Å²) in [6.07, 6.45) is 1.81. The Bertz CT molecular complexity index is 920. The van der Waals surface area contributed by atoms with Gasteiger partial charge in [0.05, 0.1) is 18.9 Å². The van der Waals surface area contributed by atoms with Crippen LogP contribution in [-0.2, 0) is 4.74 Å². The van der Waals surface area contributed by atoms with Crippen molar-refractivity contribution in [3.8, 4) is 11.1 Å². The summed E-state index contributed by atoms with van der Waals surface area (Å²) in [5.74, 6) is -0.0972. The smallest absolute Gasteiger partial charge is 0.338 e. The first-order chi connectivity index (χ1) is 12.2. The van der Waals surface area contributed by atoms with Gasteiger partial charge in [0.2, 0.25) is 0 Å². The van der Waals surface area contributed by atoms with Crippen LogP contribution in [0.3, 0.4) is 0 Å². The first kappa shape index (κ1) is 16.7. The highest BCUT2D eigenvalue weighted by atomic mass is 16.5. The normalized spacial score (nSPS) is 13.4. The molecule has 0 amide bonds. The zero-order valence-corrected chi connectivity index (χ0v) is 14.1. The van der Waals surface area contributed by atoms with Crippen molar-refractivity contribution in [1.29, 1.82) is 0 Å². The van der Waals surface area contributed by atoms with Crippen LogP contribution in [0, 0.1) is 6.57 Å². The second-order valence-electron chi connectivity index (χ2n) is 5.73. The molecule has 0 radical (unpaired) electrons. The molecule has 0 saturated carbocycles. The van der Waals surface area contributed by atoms with Gasteiger partial charge in [-0.2, -0.15) is 0 Å². The topological polar surface area (TPSA) is 43.0 Å². The summed E-state index contributed by atoms with van der Waals surface area (Å²) in [6.45, 7) is 13.4. The van der Waals surface area contributed by atoms with Crippen LogP contribution in [0.4, 0.5) is 0 Å². The highest BCUT2D eigenvalue weighted by Crippen LogP contribution is 2.47. The zero-order chi connectivity index (χ0) is 17.8. The largest absolute Gasteiger partial charge is 0.462 e. The summed E-state index contributed by atoms with van der Waals surface area (Å²) < 4.78 is 5.41. The molecule has 0 aliphatic heterocycles. The number of ether oxygens (including phenoxy) is 1. The van der Waals surface area contributed by atoms with Gasteiger partial charge in [-0.3, -0.25) is 0 Å². The molecule has 0 fully saturated rings. The van der Waals surface area contributed by atoms with Gasteiger partial charge in [0.25, 0.3) is 5.82 Å². The molecule has 4 heteroatoms. The van der Waals surface area contributed by atoms with E-state index in [0.717, 1.165) is 40.7 Å². The summed E-state index contributed by atoms with van der Waals surface area (Å²) in [5.41, 5.74) is 4.68. The minimum atomic E-state index is -0.336. The Balaban J connectivity index is 2.20. The van der Waals surface area contributed by atoms with Crippen molar-refractivity contribution in [2.45, 2.75) is 19.8 Å². The van der Waals surface area contributed by atoms with Crippen molar-refractivity contribution in [3.63, 3.8) is 0 Å². The number of rotatable bonds is 5. The highest BCUT2D eigenvalue weighted by Gasteiger charge is 2.30. The molecule has 1 aliphatic rings. The molecule has 2 aromatic rings. The maximum absolute atomic E-state index is 12.6. The molecule has 0 heterocycles. The zero-order valence-electron chi connectivity index (χ0n) is 14.1. The maximum atomic E-state index is 12.6. The fourth-order valence-corrected chi connectivity index (χ4v) is 3.08. The maximum Gasteiger partial charge on any atom is 0.338 e. The minimum Gasteiger partial charge on any atom is -0.462 e. The summed E-state index contributed by atoms with van der Waals surface area (Å²) in [6, 6.07) is 13.2. The van der Waals surface area contributed by atoms with E-state index < -0.39 is 0 Å². The van der Waals surface area contributed by atoms with E-state index in [1.165, 1.54) is 0 Å². The third kappa shape index (κ3) is 2.85. The van der Waals surface area contributed by atoms with Crippen molar-refractivity contribution in [2.24, 2.45) is 4.99 Å². The number of hydrogen-bond acceptors (Lipinski definition) is 3. The number of carbonyl (C=O) groups is 1. The number of benzene rings is 2. The van der Waals surface area contributed by atoms with Crippen LogP contribution < -0.4 is 0 Å². The predicted octanol–water partition coefficient (Wildman–Crippen LogP) is 4.96. The average Bonchev–Trinajstić information content (AvgIpc) is 2.98. The molecular formula is C21H18N2O2. The van der Waals surface area contributed by atoms with Gasteiger partial charge < -0.3 is 9.58 Å². The molecular weight excluding hydrogens is 312 g/mol. The Hall–Kier alpha value is -3.19. The number of aliphatic imine (C=N–C) groups is 1. The molecule has 25 heavy (non-hydrogen) atoms.